The van der Waals surface area contributed by atoms with E-state index >= 15 is 0 Å². The van der Waals surface area contributed by atoms with Crippen LogP contribution >= 0.6 is 15.9 Å². The summed E-state index contributed by atoms with van der Waals surface area (Å²) in [5, 5.41) is 9.36. The van der Waals surface area contributed by atoms with Gasteiger partial charge in [-0.1, -0.05) is 36.7 Å². The molecule has 114 valence electrons. The van der Waals surface area contributed by atoms with Gasteiger partial charge in [0.2, 0.25) is 5.91 Å². The fourth-order valence-corrected chi connectivity index (χ4v) is 3.78. The van der Waals surface area contributed by atoms with Crippen molar-refractivity contribution in [1.82, 2.24) is 9.80 Å². The topological polar surface area (TPSA) is 60.9 Å². The highest BCUT2D eigenvalue weighted by atomic mass is 79.9. The number of halogens is 1. The lowest BCUT2D eigenvalue weighted by atomic mass is 9.79. The Labute approximate surface area is 128 Å². The number of alkyl halides is 1. The summed E-state index contributed by atoms with van der Waals surface area (Å²) in [4.78, 5) is 26.9. The molecule has 2 aliphatic rings. The van der Waals surface area contributed by atoms with Crippen molar-refractivity contribution in [3.63, 3.8) is 0 Å². The Hall–Kier alpha value is -0.780. The molecular weight excluding hydrogens is 324 g/mol. The third-order valence-electron chi connectivity index (χ3n) is 4.44. The number of carbonyl (C=O) groups excluding carboxylic acids is 1. The number of likely N-dealkylation sites (tertiary alicyclic amines) is 2. The first-order chi connectivity index (χ1) is 9.21. The minimum atomic E-state index is -0.852. The summed E-state index contributed by atoms with van der Waals surface area (Å²) in [5.41, 5.74) is -0.117. The monoisotopic (exact) mass is 346 g/mol. The van der Waals surface area contributed by atoms with Crippen LogP contribution in [0.5, 0.6) is 0 Å². The summed E-state index contributed by atoms with van der Waals surface area (Å²) in [6.45, 7) is 7.49. The Kier molecular flexibility index (Phi) is 4.33. The molecule has 2 fully saturated rings. The SMILES string of the molecule is CC(C)(C)C1CC(N2CCC(Br)C2=O)CCN1C(=O)O. The summed E-state index contributed by atoms with van der Waals surface area (Å²) >= 11 is 3.40. The van der Waals surface area contributed by atoms with Gasteiger partial charge in [-0.15, -0.1) is 0 Å². The third-order valence-corrected chi connectivity index (χ3v) is 5.28. The van der Waals surface area contributed by atoms with E-state index in [0.717, 1.165) is 25.8 Å². The molecule has 0 aromatic heterocycles. The maximum atomic E-state index is 12.1. The fourth-order valence-electron chi connectivity index (χ4n) is 3.31. The number of amides is 2. The molecule has 0 aromatic rings. The van der Waals surface area contributed by atoms with Gasteiger partial charge in [-0.25, -0.2) is 4.79 Å². The summed E-state index contributed by atoms with van der Waals surface area (Å²) in [5.74, 6) is 0.159. The standard InChI is InChI=1S/C14H23BrN2O3/c1-14(2,3)11-8-9(4-6-17(11)13(19)20)16-7-5-10(15)12(16)18/h9-11H,4-8H2,1-3H3,(H,19,20). The second kappa shape index (κ2) is 5.54. The molecule has 2 saturated heterocycles. The summed E-state index contributed by atoms with van der Waals surface area (Å²) in [6, 6.07) is 0.130. The number of carbonyl (C=O) groups is 2. The lowest BCUT2D eigenvalue weighted by Gasteiger charge is -2.46. The first-order valence-electron chi connectivity index (χ1n) is 7.16. The van der Waals surface area contributed by atoms with Crippen LogP contribution in [0.3, 0.4) is 0 Å². The molecule has 0 aromatic carbocycles. The molecule has 1 N–H and O–H groups in total. The van der Waals surface area contributed by atoms with Gasteiger partial charge in [0.15, 0.2) is 0 Å². The highest BCUT2D eigenvalue weighted by molar-refractivity contribution is 9.10. The minimum absolute atomic E-state index is 0.0408. The van der Waals surface area contributed by atoms with E-state index in [2.05, 4.69) is 36.7 Å². The average Bonchev–Trinajstić information content (AvgIpc) is 2.68. The van der Waals surface area contributed by atoms with E-state index in [9.17, 15) is 14.7 Å². The smallest absolute Gasteiger partial charge is 0.407 e. The normalized spacial score (nSPS) is 31.8. The molecule has 6 heteroatoms. The van der Waals surface area contributed by atoms with Crippen molar-refractivity contribution in [3.8, 4) is 0 Å². The van der Waals surface area contributed by atoms with Gasteiger partial charge in [-0.3, -0.25) is 4.79 Å². The quantitative estimate of drug-likeness (QED) is 0.742. The van der Waals surface area contributed by atoms with Crippen LogP contribution < -0.4 is 0 Å². The fraction of sp³-hybridized carbons (Fsp3) is 0.857. The number of hydrogen-bond acceptors (Lipinski definition) is 2. The van der Waals surface area contributed by atoms with Gasteiger partial charge in [-0.2, -0.15) is 0 Å². The van der Waals surface area contributed by atoms with E-state index in [-0.39, 0.29) is 28.2 Å². The molecule has 3 unspecified atom stereocenters. The number of carboxylic acid groups (broad SMARTS) is 1. The maximum Gasteiger partial charge on any atom is 0.407 e. The molecule has 0 radical (unpaired) electrons. The molecule has 0 spiro atoms. The zero-order valence-electron chi connectivity index (χ0n) is 12.3. The van der Waals surface area contributed by atoms with Gasteiger partial charge in [0.1, 0.15) is 0 Å². The molecule has 2 amide bonds. The second-order valence-corrected chi connectivity index (χ2v) is 7.93. The van der Waals surface area contributed by atoms with Gasteiger partial charge in [0.05, 0.1) is 4.83 Å². The van der Waals surface area contributed by atoms with E-state index in [1.165, 1.54) is 0 Å². The predicted molar refractivity (Wildman–Crippen MR) is 80.0 cm³/mol. The van der Waals surface area contributed by atoms with Gasteiger partial charge in [0.25, 0.3) is 0 Å². The van der Waals surface area contributed by atoms with Gasteiger partial charge in [0, 0.05) is 25.2 Å². The van der Waals surface area contributed by atoms with Crippen LogP contribution in [0, 0.1) is 5.41 Å². The first-order valence-corrected chi connectivity index (χ1v) is 8.07. The highest BCUT2D eigenvalue weighted by Crippen LogP contribution is 2.35. The molecule has 3 atom stereocenters. The van der Waals surface area contributed by atoms with Crippen molar-refractivity contribution in [2.45, 2.75) is 56.9 Å². The van der Waals surface area contributed by atoms with E-state index in [1.54, 1.807) is 4.90 Å². The molecule has 2 aliphatic heterocycles. The lowest BCUT2D eigenvalue weighted by Crippen LogP contribution is -2.56. The van der Waals surface area contributed by atoms with E-state index < -0.39 is 6.09 Å². The van der Waals surface area contributed by atoms with Crippen molar-refractivity contribution in [2.75, 3.05) is 13.1 Å². The maximum absolute atomic E-state index is 12.1. The van der Waals surface area contributed by atoms with Crippen molar-refractivity contribution in [1.29, 1.82) is 0 Å². The molecule has 0 bridgehead atoms. The van der Waals surface area contributed by atoms with Gasteiger partial charge >= 0.3 is 6.09 Å². The van der Waals surface area contributed by atoms with Crippen LogP contribution in [0.2, 0.25) is 0 Å². The molecule has 20 heavy (non-hydrogen) atoms. The Morgan fingerprint density at radius 3 is 2.40 bits per heavy atom. The molecule has 2 rings (SSSR count). The second-order valence-electron chi connectivity index (χ2n) is 6.82. The van der Waals surface area contributed by atoms with E-state index in [0.29, 0.717) is 6.54 Å². The van der Waals surface area contributed by atoms with Crippen LogP contribution in [0.4, 0.5) is 4.79 Å². The van der Waals surface area contributed by atoms with Crippen molar-refractivity contribution in [2.24, 2.45) is 5.41 Å². The third kappa shape index (κ3) is 2.95. The van der Waals surface area contributed by atoms with Crippen LogP contribution in [-0.2, 0) is 4.79 Å². The molecule has 2 heterocycles. The van der Waals surface area contributed by atoms with Crippen LogP contribution in [-0.4, -0.2) is 56.9 Å². The van der Waals surface area contributed by atoms with E-state index in [1.807, 2.05) is 4.90 Å². The number of hydrogen-bond donors (Lipinski definition) is 1. The molecular formula is C14H23BrN2O3. The zero-order chi connectivity index (χ0) is 15.1. The van der Waals surface area contributed by atoms with Gasteiger partial charge in [-0.05, 0) is 24.7 Å². The lowest BCUT2D eigenvalue weighted by molar-refractivity contribution is -0.130. The number of rotatable bonds is 1. The van der Waals surface area contributed by atoms with Crippen molar-refractivity contribution in [3.05, 3.63) is 0 Å². The Balaban J connectivity index is 2.13. The zero-order valence-corrected chi connectivity index (χ0v) is 13.9. The van der Waals surface area contributed by atoms with E-state index in [4.69, 9.17) is 0 Å². The Morgan fingerprint density at radius 1 is 1.30 bits per heavy atom. The van der Waals surface area contributed by atoms with Crippen LogP contribution in [0.25, 0.3) is 0 Å². The summed E-state index contributed by atoms with van der Waals surface area (Å²) in [7, 11) is 0. The molecule has 0 saturated carbocycles. The van der Waals surface area contributed by atoms with Crippen LogP contribution in [0.15, 0.2) is 0 Å². The Bertz CT molecular complexity index is 408. The van der Waals surface area contributed by atoms with Crippen molar-refractivity contribution >= 4 is 27.9 Å². The minimum Gasteiger partial charge on any atom is -0.465 e. The van der Waals surface area contributed by atoms with Crippen molar-refractivity contribution < 1.29 is 14.7 Å². The molecule has 0 aliphatic carbocycles. The van der Waals surface area contributed by atoms with Gasteiger partial charge < -0.3 is 14.9 Å². The largest absolute Gasteiger partial charge is 0.465 e. The summed E-state index contributed by atoms with van der Waals surface area (Å²) < 4.78 is 0. The average molecular weight is 347 g/mol. The number of piperidine rings is 1. The Morgan fingerprint density at radius 2 is 1.95 bits per heavy atom. The summed E-state index contributed by atoms with van der Waals surface area (Å²) in [6.07, 6.45) is 1.47. The predicted octanol–water partition coefficient (Wildman–Crippen LogP) is 2.54. The first kappa shape index (κ1) is 15.6. The highest BCUT2D eigenvalue weighted by Gasteiger charge is 2.43. The number of nitrogens with zero attached hydrogens (tertiary/aromatic N) is 2. The molecule has 5 nitrogen and oxygen atoms in total. The van der Waals surface area contributed by atoms with Crippen LogP contribution in [0.1, 0.15) is 40.0 Å².